The van der Waals surface area contributed by atoms with Crippen LogP contribution in [0, 0.1) is 5.92 Å². The molecule has 10 heavy (non-hydrogen) atoms. The molecule has 0 saturated carbocycles. The molecule has 58 valence electrons. The molecule has 2 atom stereocenters. The quantitative estimate of drug-likeness (QED) is 0.527. The summed E-state index contributed by atoms with van der Waals surface area (Å²) < 4.78 is 0. The largest absolute Gasteiger partial charge is 0.300 e. The van der Waals surface area contributed by atoms with Crippen molar-refractivity contribution in [2.45, 2.75) is 25.3 Å². The Labute approximate surface area is 67.3 Å². The normalized spacial score (nSPS) is 40.5. The van der Waals surface area contributed by atoms with Gasteiger partial charge in [0, 0.05) is 11.9 Å². The summed E-state index contributed by atoms with van der Waals surface area (Å²) in [6, 6.07) is 0.859. The summed E-state index contributed by atoms with van der Waals surface area (Å²) in [6.45, 7) is 2.64. The van der Waals surface area contributed by atoms with Crippen LogP contribution in [0.2, 0.25) is 0 Å². The summed E-state index contributed by atoms with van der Waals surface area (Å²) in [6.07, 6.45) is 4.14. The molecule has 0 amide bonds. The predicted octanol–water partition coefficient (Wildman–Crippen LogP) is 1.71. The molecule has 2 aliphatic heterocycles. The van der Waals surface area contributed by atoms with Gasteiger partial charge in [-0.2, -0.15) is 0 Å². The Morgan fingerprint density at radius 3 is 3.00 bits per heavy atom. The van der Waals surface area contributed by atoms with Crippen LogP contribution in [0.4, 0.5) is 0 Å². The van der Waals surface area contributed by atoms with Gasteiger partial charge in [-0.05, 0) is 38.3 Å². The van der Waals surface area contributed by atoms with E-state index in [1.54, 1.807) is 0 Å². The van der Waals surface area contributed by atoms with Gasteiger partial charge in [0.25, 0.3) is 0 Å². The van der Waals surface area contributed by atoms with Crippen molar-refractivity contribution in [3.8, 4) is 0 Å². The minimum atomic E-state index is 0.809. The Bertz CT molecular complexity index is 126. The van der Waals surface area contributed by atoms with Gasteiger partial charge in [-0.1, -0.05) is 0 Å². The molecule has 2 aliphatic rings. The Kier molecular flexibility index (Phi) is 1.88. The first-order chi connectivity index (χ1) is 4.92. The Balaban J connectivity index is 2.01. The summed E-state index contributed by atoms with van der Waals surface area (Å²) >= 11 is 5.85. The van der Waals surface area contributed by atoms with E-state index in [9.17, 15) is 0 Å². The van der Waals surface area contributed by atoms with Crippen LogP contribution < -0.4 is 0 Å². The summed E-state index contributed by atoms with van der Waals surface area (Å²) in [7, 11) is 0. The second-order valence-electron chi connectivity index (χ2n) is 3.45. The molecule has 2 rings (SSSR count). The van der Waals surface area contributed by atoms with Crippen LogP contribution in [-0.2, 0) is 0 Å². The fourth-order valence-corrected chi connectivity index (χ4v) is 2.73. The van der Waals surface area contributed by atoms with Gasteiger partial charge in [-0.25, -0.2) is 0 Å². The van der Waals surface area contributed by atoms with E-state index in [0.717, 1.165) is 17.8 Å². The van der Waals surface area contributed by atoms with Crippen molar-refractivity contribution in [2.24, 2.45) is 5.92 Å². The highest BCUT2D eigenvalue weighted by Gasteiger charge is 2.36. The van der Waals surface area contributed by atoms with E-state index in [1.807, 2.05) is 0 Å². The van der Waals surface area contributed by atoms with Crippen LogP contribution in [0.3, 0.4) is 0 Å². The van der Waals surface area contributed by atoms with E-state index in [1.165, 1.54) is 32.4 Å². The molecule has 0 aromatic rings. The maximum Gasteiger partial charge on any atom is 0.0267 e. The van der Waals surface area contributed by atoms with Crippen molar-refractivity contribution in [3.63, 3.8) is 0 Å². The van der Waals surface area contributed by atoms with E-state index in [0.29, 0.717) is 0 Å². The van der Waals surface area contributed by atoms with Crippen molar-refractivity contribution in [3.05, 3.63) is 0 Å². The molecule has 2 fully saturated rings. The smallest absolute Gasteiger partial charge is 0.0267 e. The van der Waals surface area contributed by atoms with Crippen molar-refractivity contribution in [2.75, 3.05) is 19.0 Å². The molecule has 0 aromatic carbocycles. The van der Waals surface area contributed by atoms with Gasteiger partial charge in [0.1, 0.15) is 0 Å². The second kappa shape index (κ2) is 2.71. The Morgan fingerprint density at radius 2 is 2.20 bits per heavy atom. The number of halogens is 1. The first kappa shape index (κ1) is 6.93. The third-order valence-electron chi connectivity index (χ3n) is 2.94. The summed E-state index contributed by atoms with van der Waals surface area (Å²) in [4.78, 5) is 2.60. The van der Waals surface area contributed by atoms with Crippen LogP contribution >= 0.6 is 11.6 Å². The maximum absolute atomic E-state index is 5.85. The standard InChI is InChI=1S/C8H14ClN/c9-6-7-3-5-10-4-1-2-8(7)10/h7-8H,1-6H2/t7-,8-/m0/s1. The van der Waals surface area contributed by atoms with Gasteiger partial charge in [0.05, 0.1) is 0 Å². The third kappa shape index (κ3) is 0.960. The highest BCUT2D eigenvalue weighted by molar-refractivity contribution is 6.18. The molecule has 0 aromatic heterocycles. The molecule has 0 bridgehead atoms. The molecular formula is C8H14ClN. The number of alkyl halides is 1. The molecule has 1 nitrogen and oxygen atoms in total. The zero-order valence-corrected chi connectivity index (χ0v) is 6.98. The van der Waals surface area contributed by atoms with E-state index in [2.05, 4.69) is 4.90 Å². The Morgan fingerprint density at radius 1 is 1.30 bits per heavy atom. The predicted molar refractivity (Wildman–Crippen MR) is 43.4 cm³/mol. The number of nitrogens with zero attached hydrogens (tertiary/aromatic N) is 1. The lowest BCUT2D eigenvalue weighted by Gasteiger charge is -2.17. The molecule has 2 heteroatoms. The summed E-state index contributed by atoms with van der Waals surface area (Å²) in [5.41, 5.74) is 0. The highest BCUT2D eigenvalue weighted by atomic mass is 35.5. The van der Waals surface area contributed by atoms with Crippen molar-refractivity contribution in [1.82, 2.24) is 4.90 Å². The Hall–Kier alpha value is 0.250. The molecule has 0 radical (unpaired) electrons. The van der Waals surface area contributed by atoms with Crippen LogP contribution in [0.5, 0.6) is 0 Å². The van der Waals surface area contributed by atoms with Crippen LogP contribution in [0.25, 0.3) is 0 Å². The van der Waals surface area contributed by atoms with E-state index < -0.39 is 0 Å². The number of rotatable bonds is 1. The van der Waals surface area contributed by atoms with E-state index in [-0.39, 0.29) is 0 Å². The molecular weight excluding hydrogens is 146 g/mol. The lowest BCUT2D eigenvalue weighted by Crippen LogP contribution is -2.26. The molecule has 2 heterocycles. The van der Waals surface area contributed by atoms with Gasteiger partial charge in [0.2, 0.25) is 0 Å². The first-order valence-electron chi connectivity index (χ1n) is 4.22. The monoisotopic (exact) mass is 159 g/mol. The van der Waals surface area contributed by atoms with Crippen molar-refractivity contribution in [1.29, 1.82) is 0 Å². The van der Waals surface area contributed by atoms with Gasteiger partial charge < -0.3 is 4.90 Å². The number of fused-ring (bicyclic) bond motifs is 1. The highest BCUT2D eigenvalue weighted by Crippen LogP contribution is 2.32. The SMILES string of the molecule is ClC[C@@H]1CCN2CCC[C@@H]12. The maximum atomic E-state index is 5.85. The van der Waals surface area contributed by atoms with Gasteiger partial charge in [-0.3, -0.25) is 0 Å². The number of hydrogen-bond donors (Lipinski definition) is 0. The van der Waals surface area contributed by atoms with Crippen LogP contribution in [-0.4, -0.2) is 29.9 Å². The molecule has 0 N–H and O–H groups in total. The first-order valence-corrected chi connectivity index (χ1v) is 4.75. The molecule has 0 aliphatic carbocycles. The average Bonchev–Trinajstić information content (AvgIpc) is 2.44. The molecule has 0 unspecified atom stereocenters. The van der Waals surface area contributed by atoms with Gasteiger partial charge in [-0.15, -0.1) is 11.6 Å². The van der Waals surface area contributed by atoms with Crippen molar-refractivity contribution < 1.29 is 0 Å². The lowest BCUT2D eigenvalue weighted by atomic mass is 10.0. The summed E-state index contributed by atoms with van der Waals surface area (Å²) in [5.74, 6) is 1.69. The van der Waals surface area contributed by atoms with E-state index >= 15 is 0 Å². The zero-order chi connectivity index (χ0) is 6.97. The minimum absolute atomic E-state index is 0.809. The minimum Gasteiger partial charge on any atom is -0.300 e. The number of hydrogen-bond acceptors (Lipinski definition) is 1. The lowest BCUT2D eigenvalue weighted by molar-refractivity contribution is 0.300. The van der Waals surface area contributed by atoms with Crippen LogP contribution in [0.1, 0.15) is 19.3 Å². The topological polar surface area (TPSA) is 3.24 Å². The second-order valence-corrected chi connectivity index (χ2v) is 3.76. The van der Waals surface area contributed by atoms with Gasteiger partial charge >= 0.3 is 0 Å². The van der Waals surface area contributed by atoms with Crippen LogP contribution in [0.15, 0.2) is 0 Å². The fraction of sp³-hybridized carbons (Fsp3) is 1.00. The molecule has 2 saturated heterocycles. The average molecular weight is 160 g/mol. The zero-order valence-electron chi connectivity index (χ0n) is 6.22. The summed E-state index contributed by atoms with van der Waals surface area (Å²) in [5, 5.41) is 0. The fourth-order valence-electron chi connectivity index (χ4n) is 2.37. The third-order valence-corrected chi connectivity index (χ3v) is 3.34. The van der Waals surface area contributed by atoms with Gasteiger partial charge in [0.15, 0.2) is 0 Å². The van der Waals surface area contributed by atoms with Crippen molar-refractivity contribution >= 4 is 11.6 Å². The van der Waals surface area contributed by atoms with E-state index in [4.69, 9.17) is 11.6 Å². The molecule has 0 spiro atoms.